The molecule has 0 spiro atoms. The van der Waals surface area contributed by atoms with Crippen molar-refractivity contribution < 1.29 is 19.1 Å². The monoisotopic (exact) mass is 447 g/mol. The summed E-state index contributed by atoms with van der Waals surface area (Å²) in [7, 11) is 1.75. The molecule has 0 aromatic heterocycles. The Labute approximate surface area is 190 Å². The van der Waals surface area contributed by atoms with Crippen LogP contribution in [0.1, 0.15) is 52.2 Å². The van der Waals surface area contributed by atoms with E-state index in [0.29, 0.717) is 13.1 Å². The summed E-state index contributed by atoms with van der Waals surface area (Å²) in [5.74, 6) is -0.631. The van der Waals surface area contributed by atoms with Crippen molar-refractivity contribution >= 4 is 17.9 Å². The quantitative estimate of drug-likeness (QED) is 0.598. The molecule has 1 aromatic carbocycles. The lowest BCUT2D eigenvalue weighted by Gasteiger charge is -2.37. The number of carbonyl (C=O) groups excluding carboxylic acids is 3. The predicted molar refractivity (Wildman–Crippen MR) is 122 cm³/mol. The van der Waals surface area contributed by atoms with Gasteiger partial charge < -0.3 is 20.7 Å². The van der Waals surface area contributed by atoms with Gasteiger partial charge in [-0.25, -0.2) is 9.80 Å². The van der Waals surface area contributed by atoms with Crippen molar-refractivity contribution in [3.05, 3.63) is 35.4 Å². The van der Waals surface area contributed by atoms with E-state index < -0.39 is 23.6 Å². The number of nitrogens with two attached hydrogens (primary N) is 1. The Balaban J connectivity index is 2.14. The summed E-state index contributed by atoms with van der Waals surface area (Å²) in [4.78, 5) is 38.9. The van der Waals surface area contributed by atoms with E-state index in [1.165, 1.54) is 11.1 Å². The van der Waals surface area contributed by atoms with Gasteiger partial charge >= 0.3 is 6.09 Å². The molecule has 32 heavy (non-hydrogen) atoms. The minimum atomic E-state index is -0.669. The maximum atomic E-state index is 13.2. The highest BCUT2D eigenvalue weighted by Crippen LogP contribution is 2.24. The summed E-state index contributed by atoms with van der Waals surface area (Å²) >= 11 is 0. The SMILES string of the molecule is CC(C)N(C(=O)OC(C)(C)C)C(CNCC(N)=O)CC(=O)N(C)N1Cc2ccccc2C1. The van der Waals surface area contributed by atoms with Crippen LogP contribution in [0.15, 0.2) is 24.3 Å². The Morgan fingerprint density at radius 3 is 2.19 bits per heavy atom. The van der Waals surface area contributed by atoms with Crippen LogP contribution in [0.4, 0.5) is 4.79 Å². The van der Waals surface area contributed by atoms with E-state index >= 15 is 0 Å². The second-order valence-corrected chi connectivity index (χ2v) is 9.45. The van der Waals surface area contributed by atoms with E-state index in [1.54, 1.807) is 37.7 Å². The van der Waals surface area contributed by atoms with Crippen molar-refractivity contribution in [1.82, 2.24) is 20.2 Å². The van der Waals surface area contributed by atoms with Crippen molar-refractivity contribution in [2.24, 2.45) is 5.73 Å². The van der Waals surface area contributed by atoms with Gasteiger partial charge in [-0.05, 0) is 45.7 Å². The van der Waals surface area contributed by atoms with Gasteiger partial charge in [-0.2, -0.15) is 0 Å². The molecule has 2 rings (SSSR count). The lowest BCUT2D eigenvalue weighted by Crippen LogP contribution is -2.54. The van der Waals surface area contributed by atoms with Crippen molar-refractivity contribution in [2.75, 3.05) is 20.1 Å². The highest BCUT2D eigenvalue weighted by molar-refractivity contribution is 5.78. The van der Waals surface area contributed by atoms with Gasteiger partial charge in [0.2, 0.25) is 11.8 Å². The molecule has 0 radical (unpaired) electrons. The Morgan fingerprint density at radius 2 is 1.72 bits per heavy atom. The zero-order valence-electron chi connectivity index (χ0n) is 20.1. The van der Waals surface area contributed by atoms with Gasteiger partial charge in [-0.3, -0.25) is 14.6 Å². The molecule has 0 saturated carbocycles. The molecule has 1 aliphatic heterocycles. The number of nitrogens with zero attached hydrogens (tertiary/aromatic N) is 3. The Bertz CT molecular complexity index is 796. The fourth-order valence-electron chi connectivity index (χ4n) is 3.75. The number of benzene rings is 1. The number of amides is 3. The predicted octanol–water partition coefficient (Wildman–Crippen LogP) is 1.85. The Kier molecular flexibility index (Phi) is 8.63. The third kappa shape index (κ3) is 7.20. The summed E-state index contributed by atoms with van der Waals surface area (Å²) in [6.07, 6.45) is -0.422. The third-order valence-corrected chi connectivity index (χ3v) is 5.25. The molecule has 1 atom stereocenters. The third-order valence-electron chi connectivity index (χ3n) is 5.25. The van der Waals surface area contributed by atoms with Crippen LogP contribution in [0, 0.1) is 0 Å². The maximum Gasteiger partial charge on any atom is 0.410 e. The van der Waals surface area contributed by atoms with E-state index in [-0.39, 0.29) is 31.5 Å². The van der Waals surface area contributed by atoms with Gasteiger partial charge in [-0.1, -0.05) is 24.3 Å². The maximum absolute atomic E-state index is 13.2. The fourth-order valence-corrected chi connectivity index (χ4v) is 3.75. The minimum absolute atomic E-state index is 0.0395. The molecule has 0 aliphatic carbocycles. The molecule has 178 valence electrons. The number of hydrazine groups is 1. The van der Waals surface area contributed by atoms with E-state index in [0.717, 1.165) is 0 Å². The minimum Gasteiger partial charge on any atom is -0.444 e. The van der Waals surface area contributed by atoms with Gasteiger partial charge in [-0.15, -0.1) is 0 Å². The van der Waals surface area contributed by atoms with E-state index in [2.05, 4.69) is 17.4 Å². The van der Waals surface area contributed by atoms with Gasteiger partial charge in [0.1, 0.15) is 5.60 Å². The Hall–Kier alpha value is -2.65. The van der Waals surface area contributed by atoms with E-state index in [9.17, 15) is 14.4 Å². The first-order valence-electron chi connectivity index (χ1n) is 11.0. The van der Waals surface area contributed by atoms with Crippen molar-refractivity contribution in [2.45, 2.75) is 71.8 Å². The standard InChI is InChI=1S/C23H37N5O4/c1-16(2)28(22(31)32-23(3,4)5)19(12-25-13-20(24)29)11-21(30)26(6)27-14-17-9-7-8-10-18(17)15-27/h7-10,16,19,25H,11-15H2,1-6H3,(H2,24,29). The molecule has 0 fully saturated rings. The molecule has 3 N–H and O–H groups in total. The number of carbonyl (C=O) groups is 3. The topological polar surface area (TPSA) is 108 Å². The van der Waals surface area contributed by atoms with Crippen LogP contribution < -0.4 is 11.1 Å². The number of primary amides is 1. The summed E-state index contributed by atoms with van der Waals surface area (Å²) < 4.78 is 5.59. The zero-order chi connectivity index (χ0) is 24.1. The number of rotatable bonds is 9. The summed E-state index contributed by atoms with van der Waals surface area (Å²) in [6.45, 7) is 10.6. The largest absolute Gasteiger partial charge is 0.444 e. The molecule has 1 aromatic rings. The second-order valence-electron chi connectivity index (χ2n) is 9.45. The molecule has 3 amide bonds. The molecule has 1 unspecified atom stereocenters. The lowest BCUT2D eigenvalue weighted by atomic mass is 10.1. The van der Waals surface area contributed by atoms with Crippen molar-refractivity contribution in [3.8, 4) is 0 Å². The number of hydrogen-bond acceptors (Lipinski definition) is 6. The van der Waals surface area contributed by atoms with Crippen LogP contribution in [-0.4, -0.2) is 70.6 Å². The smallest absolute Gasteiger partial charge is 0.410 e. The average molecular weight is 448 g/mol. The normalized spacial score (nSPS) is 14.7. The summed E-state index contributed by atoms with van der Waals surface area (Å²) in [6, 6.07) is 7.39. The zero-order valence-corrected chi connectivity index (χ0v) is 20.1. The first-order valence-corrected chi connectivity index (χ1v) is 11.0. The number of ether oxygens (including phenoxy) is 1. The Morgan fingerprint density at radius 1 is 1.16 bits per heavy atom. The highest BCUT2D eigenvalue weighted by Gasteiger charge is 2.34. The molecule has 0 saturated heterocycles. The first-order chi connectivity index (χ1) is 14.9. The highest BCUT2D eigenvalue weighted by atomic mass is 16.6. The van der Waals surface area contributed by atoms with Crippen LogP contribution in [0.3, 0.4) is 0 Å². The van der Waals surface area contributed by atoms with Crippen LogP contribution in [0.5, 0.6) is 0 Å². The molecular weight excluding hydrogens is 410 g/mol. The molecule has 9 heteroatoms. The van der Waals surface area contributed by atoms with Crippen LogP contribution in [0.2, 0.25) is 0 Å². The van der Waals surface area contributed by atoms with Crippen molar-refractivity contribution in [1.29, 1.82) is 0 Å². The van der Waals surface area contributed by atoms with Gasteiger partial charge in [0, 0.05) is 39.1 Å². The van der Waals surface area contributed by atoms with Gasteiger partial charge in [0.25, 0.3) is 0 Å². The average Bonchev–Trinajstić information content (AvgIpc) is 3.09. The van der Waals surface area contributed by atoms with Crippen LogP contribution in [-0.2, 0) is 27.4 Å². The molecule has 1 aliphatic rings. The number of fused-ring (bicyclic) bond motifs is 1. The molecule has 0 bridgehead atoms. The van der Waals surface area contributed by atoms with E-state index in [1.807, 2.05) is 31.0 Å². The second kappa shape index (κ2) is 10.8. The lowest BCUT2D eigenvalue weighted by molar-refractivity contribution is -0.148. The van der Waals surface area contributed by atoms with Crippen LogP contribution >= 0.6 is 0 Å². The molecule has 1 heterocycles. The molecular formula is C23H37N5O4. The first kappa shape index (κ1) is 25.6. The number of hydrogen-bond donors (Lipinski definition) is 2. The fraction of sp³-hybridized carbons (Fsp3) is 0.609. The van der Waals surface area contributed by atoms with Gasteiger partial charge in [0.15, 0.2) is 0 Å². The van der Waals surface area contributed by atoms with Crippen LogP contribution in [0.25, 0.3) is 0 Å². The van der Waals surface area contributed by atoms with Gasteiger partial charge in [0.05, 0.1) is 12.6 Å². The summed E-state index contributed by atoms with van der Waals surface area (Å²) in [5.41, 5.74) is 6.97. The summed E-state index contributed by atoms with van der Waals surface area (Å²) in [5, 5.41) is 6.56. The molecule has 9 nitrogen and oxygen atoms in total. The van der Waals surface area contributed by atoms with Crippen molar-refractivity contribution in [3.63, 3.8) is 0 Å². The number of nitrogens with one attached hydrogen (secondary N) is 1. The van der Waals surface area contributed by atoms with E-state index in [4.69, 9.17) is 10.5 Å².